The Labute approximate surface area is 139 Å². The van der Waals surface area contributed by atoms with Crippen LogP contribution < -0.4 is 5.73 Å². The van der Waals surface area contributed by atoms with E-state index < -0.39 is 34.0 Å². The van der Waals surface area contributed by atoms with E-state index in [1.807, 2.05) is 0 Å². The summed E-state index contributed by atoms with van der Waals surface area (Å²) in [5.41, 5.74) is 7.43. The second-order valence-electron chi connectivity index (χ2n) is 5.00. The molecule has 0 fully saturated rings. The molecule has 0 aliphatic carbocycles. The zero-order valence-electron chi connectivity index (χ0n) is 12.5. The Morgan fingerprint density at radius 1 is 0.958 bits per heavy atom. The molecule has 0 aliphatic rings. The molecular weight excluding hydrogens is 347 g/mol. The minimum Gasteiger partial charge on any atom is -0.399 e. The fourth-order valence-corrected chi connectivity index (χ4v) is 2.80. The lowest BCUT2D eigenvalue weighted by atomic mass is 10.1. The van der Waals surface area contributed by atoms with Gasteiger partial charge in [-0.3, -0.25) is 0 Å². The van der Waals surface area contributed by atoms with E-state index >= 15 is 0 Å². The zero-order chi connectivity index (χ0) is 18.0. The fraction of sp³-hybridized carbons (Fsp3) is 0.125. The highest BCUT2D eigenvalue weighted by atomic mass is 32.2. The summed E-state index contributed by atoms with van der Waals surface area (Å²) in [6.07, 6.45) is 0. The molecule has 2 aromatic carbocycles. The molecule has 0 heterocycles. The third-order valence-electron chi connectivity index (χ3n) is 3.15. The van der Waals surface area contributed by atoms with Crippen molar-refractivity contribution in [3.63, 3.8) is 0 Å². The predicted molar refractivity (Wildman–Crippen MR) is 83.2 cm³/mol. The van der Waals surface area contributed by atoms with Crippen molar-refractivity contribution < 1.29 is 22.0 Å². The van der Waals surface area contributed by atoms with Gasteiger partial charge in [-0.25, -0.2) is 26.3 Å². The first-order valence-electron chi connectivity index (χ1n) is 6.66. The van der Waals surface area contributed by atoms with Crippen LogP contribution in [0.3, 0.4) is 0 Å². The van der Waals surface area contributed by atoms with Crippen LogP contribution in [0.1, 0.15) is 11.1 Å². The van der Waals surface area contributed by atoms with Crippen LogP contribution in [0.4, 0.5) is 22.0 Å². The highest BCUT2D eigenvalue weighted by molar-refractivity contribution is 7.97. The molecule has 0 aromatic heterocycles. The van der Waals surface area contributed by atoms with Crippen LogP contribution in [0.5, 0.6) is 0 Å². The summed E-state index contributed by atoms with van der Waals surface area (Å²) in [6, 6.07) is 6.88. The van der Waals surface area contributed by atoms with E-state index in [1.54, 1.807) is 24.3 Å². The van der Waals surface area contributed by atoms with Gasteiger partial charge in [0, 0.05) is 12.2 Å². The molecule has 0 saturated heterocycles. The Bertz CT molecular complexity index is 748. The molecule has 2 nitrogen and oxygen atoms in total. The first kappa shape index (κ1) is 18.3. The molecule has 24 heavy (non-hydrogen) atoms. The molecule has 2 N–H and O–H groups in total. The Morgan fingerprint density at radius 2 is 1.42 bits per heavy atom. The molecule has 0 saturated carbocycles. The molecule has 0 spiro atoms. The summed E-state index contributed by atoms with van der Waals surface area (Å²) < 4.78 is 68.0. The summed E-state index contributed by atoms with van der Waals surface area (Å²) in [7, 11) is 1.47. The summed E-state index contributed by atoms with van der Waals surface area (Å²) >= 11 is 0.434. The van der Waals surface area contributed by atoms with Crippen molar-refractivity contribution in [1.82, 2.24) is 4.31 Å². The average Bonchev–Trinajstić information content (AvgIpc) is 2.55. The van der Waals surface area contributed by atoms with Gasteiger partial charge in [0.05, 0.1) is 0 Å². The van der Waals surface area contributed by atoms with Crippen molar-refractivity contribution in [3.05, 3.63) is 71.1 Å². The number of benzene rings is 2. The normalized spacial score (nSPS) is 11.1. The average molecular weight is 360 g/mol. The molecule has 2 rings (SSSR count). The largest absolute Gasteiger partial charge is 0.399 e. The number of halogens is 5. The maximum atomic E-state index is 13.7. The third-order valence-corrected chi connectivity index (χ3v) is 4.13. The van der Waals surface area contributed by atoms with Crippen molar-refractivity contribution >= 4 is 17.6 Å². The van der Waals surface area contributed by atoms with Gasteiger partial charge in [0.25, 0.3) is 0 Å². The van der Waals surface area contributed by atoms with Crippen LogP contribution in [-0.2, 0) is 6.54 Å². The monoisotopic (exact) mass is 360 g/mol. The lowest BCUT2D eigenvalue weighted by Gasteiger charge is -2.17. The summed E-state index contributed by atoms with van der Waals surface area (Å²) in [5.74, 6) is -9.79. The molecule has 0 amide bonds. The topological polar surface area (TPSA) is 29.3 Å². The van der Waals surface area contributed by atoms with E-state index in [-0.39, 0.29) is 6.54 Å². The molecular formula is C16H13F5N2S. The Hall–Kier alpha value is -2.06. The van der Waals surface area contributed by atoms with E-state index in [0.717, 1.165) is 11.1 Å². The number of rotatable bonds is 5. The molecule has 8 heteroatoms. The van der Waals surface area contributed by atoms with E-state index in [1.165, 1.54) is 11.4 Å². The maximum absolute atomic E-state index is 13.7. The first-order chi connectivity index (χ1) is 11.2. The highest BCUT2D eigenvalue weighted by Gasteiger charge is 2.27. The van der Waals surface area contributed by atoms with Gasteiger partial charge in [0.15, 0.2) is 23.3 Å². The van der Waals surface area contributed by atoms with E-state index in [4.69, 9.17) is 5.73 Å². The van der Waals surface area contributed by atoms with Gasteiger partial charge >= 0.3 is 0 Å². The van der Waals surface area contributed by atoms with Crippen LogP contribution in [0, 0.1) is 29.1 Å². The van der Waals surface area contributed by atoms with Gasteiger partial charge in [-0.1, -0.05) is 30.8 Å². The van der Waals surface area contributed by atoms with E-state index in [0.29, 0.717) is 17.6 Å². The molecule has 2 aromatic rings. The SMILES string of the molecule is C=C(N)c1ccc(CN(C)Sc2c(F)c(F)c(F)c(F)c2F)cc1. The molecule has 0 bridgehead atoms. The van der Waals surface area contributed by atoms with Crippen molar-refractivity contribution in [2.45, 2.75) is 11.4 Å². The quantitative estimate of drug-likeness (QED) is 0.370. The van der Waals surface area contributed by atoms with Gasteiger partial charge < -0.3 is 5.73 Å². The number of hydrogen-bond acceptors (Lipinski definition) is 3. The standard InChI is InChI=1S/C16H13F5N2S/c1-8(22)10-5-3-9(4-6-10)7-23(2)24-16-14(20)12(18)11(17)13(19)15(16)21/h3-6H,1,7,22H2,2H3. The highest BCUT2D eigenvalue weighted by Crippen LogP contribution is 2.32. The van der Waals surface area contributed by atoms with Gasteiger partial charge in [-0.05, 0) is 30.1 Å². The summed E-state index contributed by atoms with van der Waals surface area (Å²) in [5, 5.41) is 0. The lowest BCUT2D eigenvalue weighted by Crippen LogP contribution is -2.12. The number of nitrogens with two attached hydrogens (primary N) is 1. The van der Waals surface area contributed by atoms with Gasteiger partial charge in [-0.2, -0.15) is 0 Å². The van der Waals surface area contributed by atoms with Crippen molar-refractivity contribution in [1.29, 1.82) is 0 Å². The van der Waals surface area contributed by atoms with Crippen molar-refractivity contribution in [3.8, 4) is 0 Å². The smallest absolute Gasteiger partial charge is 0.200 e. The van der Waals surface area contributed by atoms with Crippen LogP contribution in [0.15, 0.2) is 35.7 Å². The summed E-state index contributed by atoms with van der Waals surface area (Å²) in [6.45, 7) is 3.80. The van der Waals surface area contributed by atoms with Crippen LogP contribution in [-0.4, -0.2) is 11.4 Å². The molecule has 128 valence electrons. The Morgan fingerprint density at radius 3 is 1.88 bits per heavy atom. The van der Waals surface area contributed by atoms with Crippen LogP contribution in [0.2, 0.25) is 0 Å². The molecule has 0 atom stereocenters. The first-order valence-corrected chi connectivity index (χ1v) is 7.44. The second kappa shape index (κ2) is 7.23. The zero-order valence-corrected chi connectivity index (χ0v) is 13.4. The van der Waals surface area contributed by atoms with Gasteiger partial charge in [0.2, 0.25) is 5.82 Å². The van der Waals surface area contributed by atoms with Crippen LogP contribution in [0.25, 0.3) is 5.70 Å². The van der Waals surface area contributed by atoms with Crippen molar-refractivity contribution in [2.75, 3.05) is 7.05 Å². The van der Waals surface area contributed by atoms with Crippen molar-refractivity contribution in [2.24, 2.45) is 5.73 Å². The molecule has 0 unspecified atom stereocenters. The fourth-order valence-electron chi connectivity index (χ4n) is 1.93. The number of hydrogen-bond donors (Lipinski definition) is 1. The minimum atomic E-state index is -2.17. The third kappa shape index (κ3) is 3.70. The Balaban J connectivity index is 2.18. The summed E-state index contributed by atoms with van der Waals surface area (Å²) in [4.78, 5) is -0.944. The molecule has 0 radical (unpaired) electrons. The molecule has 0 aliphatic heterocycles. The van der Waals surface area contributed by atoms with Crippen LogP contribution >= 0.6 is 11.9 Å². The number of nitrogens with zero attached hydrogens (tertiary/aromatic N) is 1. The minimum absolute atomic E-state index is 0.210. The lowest BCUT2D eigenvalue weighted by molar-refractivity contribution is 0.359. The van der Waals surface area contributed by atoms with E-state index in [9.17, 15) is 22.0 Å². The van der Waals surface area contributed by atoms with Gasteiger partial charge in [0.1, 0.15) is 4.90 Å². The van der Waals surface area contributed by atoms with Gasteiger partial charge in [-0.15, -0.1) is 0 Å². The van der Waals surface area contributed by atoms with E-state index in [2.05, 4.69) is 6.58 Å². The predicted octanol–water partition coefficient (Wildman–Crippen LogP) is 4.45. The Kier molecular flexibility index (Phi) is 5.51. The maximum Gasteiger partial charge on any atom is 0.200 e. The second-order valence-corrected chi connectivity index (χ2v) is 6.21.